The van der Waals surface area contributed by atoms with Crippen molar-refractivity contribution in [2.75, 3.05) is 13.2 Å². The Labute approximate surface area is 149 Å². The summed E-state index contributed by atoms with van der Waals surface area (Å²) in [6, 6.07) is 13.2. The van der Waals surface area contributed by atoms with Gasteiger partial charge in [0.15, 0.2) is 0 Å². The third-order valence-corrected chi connectivity index (χ3v) is 4.06. The molecule has 4 nitrogen and oxygen atoms in total. The number of aliphatic carboxylic acids is 1. The van der Waals surface area contributed by atoms with Crippen molar-refractivity contribution in [1.82, 2.24) is 0 Å². The van der Waals surface area contributed by atoms with Crippen LogP contribution in [0.15, 0.2) is 42.5 Å². The van der Waals surface area contributed by atoms with Crippen LogP contribution in [-0.2, 0) is 11.2 Å². The number of carbonyl (C=O) groups is 1. The van der Waals surface area contributed by atoms with Crippen LogP contribution in [0, 0.1) is 6.92 Å². The normalized spacial score (nSPS) is 11.8. The predicted octanol–water partition coefficient (Wildman–Crippen LogP) is 4.59. The van der Waals surface area contributed by atoms with Crippen molar-refractivity contribution in [2.45, 2.75) is 39.5 Å². The molecule has 0 saturated heterocycles. The van der Waals surface area contributed by atoms with E-state index in [9.17, 15) is 9.90 Å². The van der Waals surface area contributed by atoms with E-state index in [4.69, 9.17) is 9.47 Å². The second kappa shape index (κ2) is 9.11. The maximum atomic E-state index is 11.9. The zero-order valence-corrected chi connectivity index (χ0v) is 15.1. The first kappa shape index (κ1) is 18.8. The number of benzene rings is 2. The number of hydrogen-bond donors (Lipinski definition) is 1. The highest BCUT2D eigenvalue weighted by atomic mass is 16.5. The quantitative estimate of drug-likeness (QED) is 0.724. The molecule has 0 fully saturated rings. The summed E-state index contributed by atoms with van der Waals surface area (Å²) in [5.41, 5.74) is 2.63. The molecule has 2 aromatic carbocycles. The Hall–Kier alpha value is -2.49. The molecule has 134 valence electrons. The Morgan fingerprint density at radius 1 is 1.08 bits per heavy atom. The van der Waals surface area contributed by atoms with Crippen LogP contribution >= 0.6 is 0 Å². The largest absolute Gasteiger partial charge is 0.494 e. The summed E-state index contributed by atoms with van der Waals surface area (Å²) in [7, 11) is 0. The Morgan fingerprint density at radius 3 is 2.48 bits per heavy atom. The molecule has 0 radical (unpaired) electrons. The molecule has 0 aromatic heterocycles. The van der Waals surface area contributed by atoms with Gasteiger partial charge in [-0.2, -0.15) is 0 Å². The van der Waals surface area contributed by atoms with Crippen molar-refractivity contribution in [1.29, 1.82) is 0 Å². The molecule has 0 aliphatic carbocycles. The topological polar surface area (TPSA) is 55.8 Å². The third-order valence-electron chi connectivity index (χ3n) is 4.06. The van der Waals surface area contributed by atoms with Crippen LogP contribution in [0.25, 0.3) is 0 Å². The fourth-order valence-electron chi connectivity index (χ4n) is 2.80. The van der Waals surface area contributed by atoms with Gasteiger partial charge >= 0.3 is 5.97 Å². The van der Waals surface area contributed by atoms with Gasteiger partial charge in [-0.25, -0.2) is 0 Å². The minimum Gasteiger partial charge on any atom is -0.494 e. The van der Waals surface area contributed by atoms with Crippen LogP contribution in [0.5, 0.6) is 11.5 Å². The van der Waals surface area contributed by atoms with Gasteiger partial charge in [0, 0.05) is 0 Å². The van der Waals surface area contributed by atoms with Crippen LogP contribution in [0.2, 0.25) is 0 Å². The van der Waals surface area contributed by atoms with E-state index in [-0.39, 0.29) is 0 Å². The highest BCUT2D eigenvalue weighted by Gasteiger charge is 2.22. The minimum atomic E-state index is -0.839. The molecule has 2 aromatic rings. The Morgan fingerprint density at radius 2 is 1.84 bits per heavy atom. The summed E-state index contributed by atoms with van der Waals surface area (Å²) >= 11 is 0. The third kappa shape index (κ3) is 4.99. The zero-order valence-electron chi connectivity index (χ0n) is 15.1. The summed E-state index contributed by atoms with van der Waals surface area (Å²) in [5, 5.41) is 9.75. The van der Waals surface area contributed by atoms with Gasteiger partial charge in [0.05, 0.1) is 19.1 Å². The van der Waals surface area contributed by atoms with E-state index in [1.54, 1.807) is 0 Å². The molecule has 0 spiro atoms. The molecule has 0 aliphatic heterocycles. The lowest BCUT2D eigenvalue weighted by Gasteiger charge is -2.17. The first-order chi connectivity index (χ1) is 12.1. The fourth-order valence-corrected chi connectivity index (χ4v) is 2.80. The van der Waals surface area contributed by atoms with Crippen molar-refractivity contribution in [2.24, 2.45) is 0 Å². The van der Waals surface area contributed by atoms with E-state index >= 15 is 0 Å². The van der Waals surface area contributed by atoms with Gasteiger partial charge in [0.25, 0.3) is 0 Å². The van der Waals surface area contributed by atoms with Crippen molar-refractivity contribution in [3.05, 3.63) is 59.2 Å². The van der Waals surface area contributed by atoms with Crippen LogP contribution < -0.4 is 9.47 Å². The standard InChI is InChI=1S/C21H26O4/c1-4-12-25-20-9-7-6-8-17(20)14-18(21(22)23)16-10-11-19(24-5-2)15(3)13-16/h6-11,13,18H,4-5,12,14H2,1-3H3,(H,22,23). The van der Waals surface area contributed by atoms with Crippen molar-refractivity contribution >= 4 is 5.97 Å². The summed E-state index contributed by atoms with van der Waals surface area (Å²) < 4.78 is 11.3. The van der Waals surface area contributed by atoms with Gasteiger partial charge in [0.2, 0.25) is 0 Å². The molecule has 0 bridgehead atoms. The minimum absolute atomic E-state index is 0.392. The van der Waals surface area contributed by atoms with E-state index in [0.29, 0.717) is 19.6 Å². The molecule has 25 heavy (non-hydrogen) atoms. The van der Waals surface area contributed by atoms with Crippen molar-refractivity contribution in [3.8, 4) is 11.5 Å². The Balaban J connectivity index is 2.28. The molecule has 0 saturated carbocycles. The summed E-state index contributed by atoms with van der Waals surface area (Å²) in [5.74, 6) is 0.0925. The van der Waals surface area contributed by atoms with E-state index in [0.717, 1.165) is 34.6 Å². The molecule has 1 unspecified atom stereocenters. The van der Waals surface area contributed by atoms with Gasteiger partial charge in [0.1, 0.15) is 11.5 Å². The maximum Gasteiger partial charge on any atom is 0.311 e. The van der Waals surface area contributed by atoms with Crippen LogP contribution in [0.4, 0.5) is 0 Å². The number of rotatable bonds is 9. The number of aryl methyl sites for hydroxylation is 1. The number of ether oxygens (including phenoxy) is 2. The Kier molecular flexibility index (Phi) is 6.87. The first-order valence-corrected chi connectivity index (χ1v) is 8.73. The molecule has 0 heterocycles. The van der Waals surface area contributed by atoms with Crippen LogP contribution in [0.3, 0.4) is 0 Å². The van der Waals surface area contributed by atoms with Crippen LogP contribution in [-0.4, -0.2) is 24.3 Å². The highest BCUT2D eigenvalue weighted by Crippen LogP contribution is 2.30. The smallest absolute Gasteiger partial charge is 0.311 e. The molecule has 0 amide bonds. The molecule has 1 N–H and O–H groups in total. The molecule has 1 atom stereocenters. The first-order valence-electron chi connectivity index (χ1n) is 8.73. The number of carboxylic acids is 1. The average Bonchev–Trinajstić information content (AvgIpc) is 2.60. The van der Waals surface area contributed by atoms with E-state index in [1.807, 2.05) is 63.2 Å². The SMILES string of the molecule is CCCOc1ccccc1CC(C(=O)O)c1ccc(OCC)c(C)c1. The van der Waals surface area contributed by atoms with E-state index in [2.05, 4.69) is 0 Å². The predicted molar refractivity (Wildman–Crippen MR) is 98.7 cm³/mol. The van der Waals surface area contributed by atoms with Crippen molar-refractivity contribution < 1.29 is 19.4 Å². The average molecular weight is 342 g/mol. The molecule has 2 rings (SSSR count). The summed E-state index contributed by atoms with van der Waals surface area (Å²) in [6.07, 6.45) is 1.30. The number of para-hydroxylation sites is 1. The van der Waals surface area contributed by atoms with Gasteiger partial charge in [-0.05, 0) is 55.5 Å². The number of carboxylic acid groups (broad SMARTS) is 1. The summed E-state index contributed by atoms with van der Waals surface area (Å²) in [6.45, 7) is 7.12. The molecular weight excluding hydrogens is 316 g/mol. The zero-order chi connectivity index (χ0) is 18.2. The van der Waals surface area contributed by atoms with Gasteiger partial charge in [-0.15, -0.1) is 0 Å². The van der Waals surface area contributed by atoms with Gasteiger partial charge in [-0.1, -0.05) is 37.3 Å². The summed E-state index contributed by atoms with van der Waals surface area (Å²) in [4.78, 5) is 11.9. The second-order valence-electron chi connectivity index (χ2n) is 6.01. The van der Waals surface area contributed by atoms with E-state index < -0.39 is 11.9 Å². The lowest BCUT2D eigenvalue weighted by Crippen LogP contribution is -2.15. The Bertz CT molecular complexity index is 709. The molecule has 4 heteroatoms. The van der Waals surface area contributed by atoms with Crippen LogP contribution in [0.1, 0.15) is 42.9 Å². The fraction of sp³-hybridized carbons (Fsp3) is 0.381. The molecular formula is C21H26O4. The monoisotopic (exact) mass is 342 g/mol. The van der Waals surface area contributed by atoms with Gasteiger partial charge in [-0.3, -0.25) is 4.79 Å². The molecule has 0 aliphatic rings. The lowest BCUT2D eigenvalue weighted by atomic mass is 9.90. The van der Waals surface area contributed by atoms with E-state index in [1.165, 1.54) is 0 Å². The van der Waals surface area contributed by atoms with Crippen molar-refractivity contribution in [3.63, 3.8) is 0 Å². The lowest BCUT2D eigenvalue weighted by molar-refractivity contribution is -0.138. The maximum absolute atomic E-state index is 11.9. The second-order valence-corrected chi connectivity index (χ2v) is 6.01. The number of hydrogen-bond acceptors (Lipinski definition) is 3. The van der Waals surface area contributed by atoms with Gasteiger partial charge < -0.3 is 14.6 Å². The highest BCUT2D eigenvalue weighted by molar-refractivity contribution is 5.77.